The molecule has 3 aromatic rings. The minimum atomic E-state index is -0.522. The molecule has 3 aromatic carbocycles. The van der Waals surface area contributed by atoms with Crippen LogP contribution in [0.2, 0.25) is 0 Å². The van der Waals surface area contributed by atoms with E-state index in [1.54, 1.807) is 72.8 Å². The Morgan fingerprint density at radius 3 is 1.88 bits per heavy atom. The molecule has 1 N–H and O–H groups in total. The van der Waals surface area contributed by atoms with Gasteiger partial charge in [-0.15, -0.1) is 0 Å². The van der Waals surface area contributed by atoms with Crippen LogP contribution in [0.1, 0.15) is 44.3 Å². The smallest absolute Gasteiger partial charge is 0.343 e. The summed E-state index contributed by atoms with van der Waals surface area (Å²) in [5, 5.41) is 8.46. The summed E-state index contributed by atoms with van der Waals surface area (Å²) in [5.74, 6) is -0.446. The van der Waals surface area contributed by atoms with Crippen LogP contribution in [0.4, 0.5) is 0 Å². The summed E-state index contributed by atoms with van der Waals surface area (Å²) in [6.45, 7) is 1.57. The summed E-state index contributed by atoms with van der Waals surface area (Å²) >= 11 is 0. The highest BCUT2D eigenvalue weighted by atomic mass is 17.1. The summed E-state index contributed by atoms with van der Waals surface area (Å²) in [7, 11) is 0. The molecule has 0 saturated carbocycles. The van der Waals surface area contributed by atoms with Crippen LogP contribution in [0, 0.1) is 0 Å². The van der Waals surface area contributed by atoms with Gasteiger partial charge in [-0.3, -0.25) is 14.8 Å². The zero-order valence-electron chi connectivity index (χ0n) is 17.9. The lowest BCUT2D eigenvalue weighted by Crippen LogP contribution is -2.08. The molecule has 0 fully saturated rings. The van der Waals surface area contributed by atoms with Gasteiger partial charge in [0, 0.05) is 5.56 Å². The number of ketones is 2. The molecule has 0 aliphatic carbocycles. The third-order valence-corrected chi connectivity index (χ3v) is 4.64. The van der Waals surface area contributed by atoms with Gasteiger partial charge in [-0.1, -0.05) is 48.6 Å². The van der Waals surface area contributed by atoms with Gasteiger partial charge in [-0.2, -0.15) is 0 Å². The van der Waals surface area contributed by atoms with E-state index in [0.29, 0.717) is 16.9 Å². The van der Waals surface area contributed by atoms with Crippen LogP contribution < -0.4 is 4.74 Å². The molecule has 0 aliphatic heterocycles. The highest BCUT2D eigenvalue weighted by Gasteiger charge is 2.09. The van der Waals surface area contributed by atoms with Crippen molar-refractivity contribution in [2.24, 2.45) is 0 Å². The number of hydrogen-bond acceptors (Lipinski definition) is 6. The molecule has 33 heavy (non-hydrogen) atoms. The average molecular weight is 442 g/mol. The Kier molecular flexibility index (Phi) is 8.18. The van der Waals surface area contributed by atoms with Gasteiger partial charge in [0.15, 0.2) is 11.6 Å². The quantitative estimate of drug-likeness (QED) is 0.119. The van der Waals surface area contributed by atoms with Gasteiger partial charge in [0.2, 0.25) is 0 Å². The summed E-state index contributed by atoms with van der Waals surface area (Å²) in [5.41, 5.74) is 3.27. The molecule has 6 nitrogen and oxygen atoms in total. The third kappa shape index (κ3) is 7.21. The fourth-order valence-corrected chi connectivity index (χ4v) is 2.86. The van der Waals surface area contributed by atoms with Crippen LogP contribution in [0.3, 0.4) is 0 Å². The molecular weight excluding hydrogens is 420 g/mol. The van der Waals surface area contributed by atoms with E-state index in [1.807, 2.05) is 12.1 Å². The zero-order valence-corrected chi connectivity index (χ0v) is 17.9. The topological polar surface area (TPSA) is 89.9 Å². The third-order valence-electron chi connectivity index (χ3n) is 4.64. The second-order valence-electron chi connectivity index (χ2n) is 7.19. The summed E-state index contributed by atoms with van der Waals surface area (Å²) in [4.78, 5) is 39.8. The van der Waals surface area contributed by atoms with Crippen molar-refractivity contribution in [3.05, 3.63) is 113 Å². The number of carbonyl (C=O) groups excluding carboxylic acids is 3. The predicted molar refractivity (Wildman–Crippen MR) is 125 cm³/mol. The molecule has 0 spiro atoms. The molecule has 3 rings (SSSR count). The van der Waals surface area contributed by atoms with Crippen LogP contribution in [0.25, 0.3) is 12.2 Å². The first-order valence-corrected chi connectivity index (χ1v) is 10.1. The molecular formula is C27H22O6. The van der Waals surface area contributed by atoms with Gasteiger partial charge < -0.3 is 4.74 Å². The minimum absolute atomic E-state index is 0.0562. The molecule has 0 atom stereocenters. The van der Waals surface area contributed by atoms with Crippen LogP contribution >= 0.6 is 0 Å². The molecule has 0 aliphatic rings. The second kappa shape index (κ2) is 11.5. The Hall–Kier alpha value is -4.13. The van der Waals surface area contributed by atoms with E-state index >= 15 is 0 Å². The van der Waals surface area contributed by atoms with E-state index in [-0.39, 0.29) is 18.2 Å². The highest BCUT2D eigenvalue weighted by molar-refractivity contribution is 6.06. The van der Waals surface area contributed by atoms with Crippen LogP contribution in [0.5, 0.6) is 5.75 Å². The van der Waals surface area contributed by atoms with Gasteiger partial charge >= 0.3 is 5.97 Å². The van der Waals surface area contributed by atoms with Crippen LogP contribution in [-0.2, 0) is 16.3 Å². The van der Waals surface area contributed by atoms with Crippen LogP contribution in [-0.4, -0.2) is 22.8 Å². The van der Waals surface area contributed by atoms with E-state index < -0.39 is 5.97 Å². The highest BCUT2D eigenvalue weighted by Crippen LogP contribution is 2.16. The molecule has 6 heteroatoms. The Bertz CT molecular complexity index is 1170. The summed E-state index contributed by atoms with van der Waals surface area (Å²) < 4.78 is 5.37. The van der Waals surface area contributed by atoms with Gasteiger partial charge in [0.1, 0.15) is 12.4 Å². The number of rotatable bonds is 9. The lowest BCUT2D eigenvalue weighted by Gasteiger charge is -2.05. The first-order valence-electron chi connectivity index (χ1n) is 10.1. The number of benzene rings is 3. The maximum absolute atomic E-state index is 12.4. The fraction of sp³-hybridized carbons (Fsp3) is 0.0741. The van der Waals surface area contributed by atoms with Crippen molar-refractivity contribution >= 4 is 29.7 Å². The van der Waals surface area contributed by atoms with Gasteiger partial charge in [-0.25, -0.2) is 9.68 Å². The monoisotopic (exact) mass is 442 g/mol. The van der Waals surface area contributed by atoms with Crippen molar-refractivity contribution in [3.8, 4) is 5.75 Å². The van der Waals surface area contributed by atoms with Crippen molar-refractivity contribution < 1.29 is 29.3 Å². The van der Waals surface area contributed by atoms with Crippen molar-refractivity contribution in [2.45, 2.75) is 13.5 Å². The van der Waals surface area contributed by atoms with E-state index in [9.17, 15) is 14.4 Å². The minimum Gasteiger partial charge on any atom is -0.423 e. The lowest BCUT2D eigenvalue weighted by molar-refractivity contribution is -0.253. The predicted octanol–water partition coefficient (Wildman–Crippen LogP) is 5.39. The average Bonchev–Trinajstić information content (AvgIpc) is 2.83. The number of allylic oxidation sites excluding steroid dienone is 2. The molecule has 0 radical (unpaired) electrons. The van der Waals surface area contributed by atoms with Crippen molar-refractivity contribution in [1.82, 2.24) is 0 Å². The first-order chi connectivity index (χ1) is 15.9. The zero-order chi connectivity index (χ0) is 23.6. The molecule has 0 saturated heterocycles. The van der Waals surface area contributed by atoms with Gasteiger partial charge in [0.25, 0.3) is 0 Å². The molecule has 166 valence electrons. The number of hydrogen-bond donors (Lipinski definition) is 1. The number of carbonyl (C=O) groups is 3. The SMILES string of the molecule is CC(=O)/C=C/c1ccc(C(=O)Oc2ccc(C(=O)/C=C/c3ccc(COO)cc3)cc2)cc1. The largest absolute Gasteiger partial charge is 0.423 e. The van der Waals surface area contributed by atoms with Crippen LogP contribution in [0.15, 0.2) is 84.9 Å². The second-order valence-corrected chi connectivity index (χ2v) is 7.19. The molecule has 0 amide bonds. The normalized spacial score (nSPS) is 11.1. The van der Waals surface area contributed by atoms with E-state index in [1.165, 1.54) is 19.1 Å². The fourth-order valence-electron chi connectivity index (χ4n) is 2.86. The Labute approximate surface area is 191 Å². The van der Waals surface area contributed by atoms with Crippen molar-refractivity contribution in [2.75, 3.05) is 0 Å². The standard InChI is InChI=1S/C27H22O6/c1-19(28)2-3-20-8-11-24(12-9-20)27(30)33-25-15-13-23(14-16-25)26(29)17-10-21-4-6-22(7-5-21)18-32-31/h2-17,31H,18H2,1H3/b3-2+,17-10+. The van der Waals surface area contributed by atoms with E-state index in [0.717, 1.165) is 16.7 Å². The van der Waals surface area contributed by atoms with E-state index in [4.69, 9.17) is 9.99 Å². The van der Waals surface area contributed by atoms with Gasteiger partial charge in [-0.05, 0) is 72.2 Å². The molecule has 0 heterocycles. The Morgan fingerprint density at radius 1 is 0.758 bits per heavy atom. The first kappa shape index (κ1) is 23.5. The molecule has 0 unspecified atom stereocenters. The maximum Gasteiger partial charge on any atom is 0.343 e. The summed E-state index contributed by atoms with van der Waals surface area (Å²) in [6, 6.07) is 20.2. The van der Waals surface area contributed by atoms with Gasteiger partial charge in [0.05, 0.1) is 5.56 Å². The van der Waals surface area contributed by atoms with Crippen molar-refractivity contribution in [3.63, 3.8) is 0 Å². The van der Waals surface area contributed by atoms with Crippen molar-refractivity contribution in [1.29, 1.82) is 0 Å². The number of ether oxygens (including phenoxy) is 1. The summed E-state index contributed by atoms with van der Waals surface area (Å²) in [6.07, 6.45) is 6.27. The Balaban J connectivity index is 1.58. The molecule has 0 aromatic heterocycles. The molecule has 0 bridgehead atoms. The Morgan fingerprint density at radius 2 is 1.30 bits per heavy atom. The van der Waals surface area contributed by atoms with E-state index in [2.05, 4.69) is 4.89 Å². The lowest BCUT2D eigenvalue weighted by atomic mass is 10.1. The number of esters is 1. The maximum atomic E-state index is 12.4.